The minimum atomic E-state index is -0.265. The lowest BCUT2D eigenvalue weighted by atomic mass is 10.0. The van der Waals surface area contributed by atoms with Crippen LogP contribution in [0.15, 0.2) is 66.7 Å². The summed E-state index contributed by atoms with van der Waals surface area (Å²) in [7, 11) is 0. The molecule has 0 aliphatic carbocycles. The van der Waals surface area contributed by atoms with Crippen LogP contribution in [0.2, 0.25) is 10.0 Å². The van der Waals surface area contributed by atoms with E-state index >= 15 is 0 Å². The standard InChI is InChI=1S/C23H14Cl2N2O3/c24-13-5-7-16(18(25)9-13)20-11-17(15-3-1-2-4-19(15)27-20)23(28)26-14-6-8-21-22(10-14)30-12-29-21/h1-11H,12H2,(H,26,28). The van der Waals surface area contributed by atoms with Crippen LogP contribution in [0, 0.1) is 0 Å². The second kappa shape index (κ2) is 7.52. The van der Waals surface area contributed by atoms with Gasteiger partial charge in [-0.2, -0.15) is 0 Å². The Balaban J connectivity index is 1.58. The van der Waals surface area contributed by atoms with Crippen molar-refractivity contribution in [2.24, 2.45) is 0 Å². The van der Waals surface area contributed by atoms with E-state index in [0.29, 0.717) is 49.6 Å². The molecule has 0 atom stereocenters. The summed E-state index contributed by atoms with van der Waals surface area (Å²) >= 11 is 12.4. The Morgan fingerprint density at radius 3 is 2.63 bits per heavy atom. The number of nitrogens with one attached hydrogen (secondary N) is 1. The van der Waals surface area contributed by atoms with Gasteiger partial charge >= 0.3 is 0 Å². The van der Waals surface area contributed by atoms with Crippen LogP contribution in [-0.2, 0) is 0 Å². The number of rotatable bonds is 3. The van der Waals surface area contributed by atoms with Crippen LogP contribution in [0.25, 0.3) is 22.2 Å². The zero-order valence-electron chi connectivity index (χ0n) is 15.5. The van der Waals surface area contributed by atoms with Gasteiger partial charge < -0.3 is 14.8 Å². The first-order valence-corrected chi connectivity index (χ1v) is 9.90. The van der Waals surface area contributed by atoms with E-state index < -0.39 is 0 Å². The van der Waals surface area contributed by atoms with E-state index in [1.165, 1.54) is 0 Å². The van der Waals surface area contributed by atoms with E-state index in [0.717, 1.165) is 5.39 Å². The number of para-hydroxylation sites is 1. The number of halogens is 2. The maximum atomic E-state index is 13.2. The molecule has 5 rings (SSSR count). The van der Waals surface area contributed by atoms with Gasteiger partial charge in [-0.3, -0.25) is 4.79 Å². The SMILES string of the molecule is O=C(Nc1ccc2c(c1)OCO2)c1cc(-c2ccc(Cl)cc2Cl)nc2ccccc12. The average molecular weight is 437 g/mol. The van der Waals surface area contributed by atoms with Gasteiger partial charge in [-0.15, -0.1) is 0 Å². The van der Waals surface area contributed by atoms with Crippen LogP contribution in [-0.4, -0.2) is 17.7 Å². The van der Waals surface area contributed by atoms with Crippen LogP contribution >= 0.6 is 23.2 Å². The molecule has 0 bridgehead atoms. The lowest BCUT2D eigenvalue weighted by Crippen LogP contribution is -2.13. The highest BCUT2D eigenvalue weighted by molar-refractivity contribution is 6.36. The molecule has 3 aromatic carbocycles. The number of nitrogens with zero attached hydrogens (tertiary/aromatic N) is 1. The van der Waals surface area contributed by atoms with Gasteiger partial charge in [0, 0.05) is 27.7 Å². The molecule has 0 spiro atoms. The first kappa shape index (κ1) is 18.7. The monoisotopic (exact) mass is 436 g/mol. The number of hydrogen-bond donors (Lipinski definition) is 1. The molecule has 0 radical (unpaired) electrons. The molecule has 2 heterocycles. The van der Waals surface area contributed by atoms with E-state index in [-0.39, 0.29) is 12.7 Å². The van der Waals surface area contributed by atoms with Crippen molar-refractivity contribution in [1.29, 1.82) is 0 Å². The van der Waals surface area contributed by atoms with Crippen LogP contribution in [0.1, 0.15) is 10.4 Å². The normalized spacial score (nSPS) is 12.2. The lowest BCUT2D eigenvalue weighted by Gasteiger charge is -2.12. The van der Waals surface area contributed by atoms with Crippen molar-refractivity contribution in [2.75, 3.05) is 12.1 Å². The van der Waals surface area contributed by atoms with Crippen LogP contribution in [0.4, 0.5) is 5.69 Å². The number of carbonyl (C=O) groups excluding carboxylic acids is 1. The summed E-state index contributed by atoms with van der Waals surface area (Å²) in [6, 6.07) is 19.7. The van der Waals surface area contributed by atoms with Gasteiger partial charge in [-0.1, -0.05) is 41.4 Å². The second-order valence-electron chi connectivity index (χ2n) is 6.72. The van der Waals surface area contributed by atoms with Crippen molar-refractivity contribution in [3.63, 3.8) is 0 Å². The molecule has 0 fully saturated rings. The summed E-state index contributed by atoms with van der Waals surface area (Å²) in [4.78, 5) is 17.9. The third-order valence-corrected chi connectivity index (χ3v) is 5.35. The number of pyridine rings is 1. The number of benzene rings is 3. The Bertz CT molecular complexity index is 1310. The van der Waals surface area contributed by atoms with Crippen molar-refractivity contribution in [3.8, 4) is 22.8 Å². The predicted octanol–water partition coefficient (Wildman–Crippen LogP) is 6.19. The fraction of sp³-hybridized carbons (Fsp3) is 0.0435. The van der Waals surface area contributed by atoms with Gasteiger partial charge in [0.05, 0.1) is 21.8 Å². The van der Waals surface area contributed by atoms with Crippen molar-refractivity contribution in [3.05, 3.63) is 82.3 Å². The highest BCUT2D eigenvalue weighted by Crippen LogP contribution is 2.35. The van der Waals surface area contributed by atoms with Gasteiger partial charge in [0.2, 0.25) is 6.79 Å². The molecule has 1 aromatic heterocycles. The zero-order chi connectivity index (χ0) is 20.7. The number of ether oxygens (including phenoxy) is 2. The molecule has 5 nitrogen and oxygen atoms in total. The van der Waals surface area contributed by atoms with Crippen LogP contribution in [0.3, 0.4) is 0 Å². The largest absolute Gasteiger partial charge is 0.454 e. The minimum Gasteiger partial charge on any atom is -0.454 e. The molecule has 0 saturated heterocycles. The summed E-state index contributed by atoms with van der Waals surface area (Å²) in [6.45, 7) is 0.174. The zero-order valence-corrected chi connectivity index (χ0v) is 17.0. The molecule has 30 heavy (non-hydrogen) atoms. The smallest absolute Gasteiger partial charge is 0.256 e. The summed E-state index contributed by atoms with van der Waals surface area (Å²) in [5.74, 6) is 0.988. The Morgan fingerprint density at radius 1 is 0.933 bits per heavy atom. The van der Waals surface area contributed by atoms with Crippen molar-refractivity contribution < 1.29 is 14.3 Å². The Labute approximate surface area is 182 Å². The maximum Gasteiger partial charge on any atom is 0.256 e. The molecular formula is C23H14Cl2N2O3. The second-order valence-corrected chi connectivity index (χ2v) is 7.56. The quantitative estimate of drug-likeness (QED) is 0.415. The molecule has 0 saturated carbocycles. The first-order chi connectivity index (χ1) is 14.6. The average Bonchev–Trinajstić information content (AvgIpc) is 3.21. The summed E-state index contributed by atoms with van der Waals surface area (Å²) in [5.41, 5.74) is 3.07. The Hall–Kier alpha value is -3.28. The van der Waals surface area contributed by atoms with Crippen molar-refractivity contribution in [2.45, 2.75) is 0 Å². The minimum absolute atomic E-state index is 0.174. The third-order valence-electron chi connectivity index (χ3n) is 4.80. The fourth-order valence-electron chi connectivity index (χ4n) is 3.37. The highest BCUT2D eigenvalue weighted by Gasteiger charge is 2.18. The number of carbonyl (C=O) groups is 1. The molecular weight excluding hydrogens is 423 g/mol. The molecule has 1 amide bonds. The summed E-state index contributed by atoms with van der Waals surface area (Å²) < 4.78 is 10.7. The number of amides is 1. The number of anilines is 1. The Kier molecular flexibility index (Phi) is 4.69. The van der Waals surface area contributed by atoms with Gasteiger partial charge in [0.15, 0.2) is 11.5 Å². The van der Waals surface area contributed by atoms with Gasteiger partial charge in [0.25, 0.3) is 5.91 Å². The number of hydrogen-bond acceptors (Lipinski definition) is 4. The molecule has 1 N–H and O–H groups in total. The maximum absolute atomic E-state index is 13.2. The summed E-state index contributed by atoms with van der Waals surface area (Å²) in [6.07, 6.45) is 0. The van der Waals surface area contributed by atoms with E-state index in [1.807, 2.05) is 24.3 Å². The number of aromatic nitrogens is 1. The van der Waals surface area contributed by atoms with Crippen LogP contribution < -0.4 is 14.8 Å². The third kappa shape index (κ3) is 3.43. The molecule has 7 heteroatoms. The molecule has 1 aliphatic heterocycles. The van der Waals surface area contributed by atoms with E-state index in [2.05, 4.69) is 10.3 Å². The highest BCUT2D eigenvalue weighted by atomic mass is 35.5. The molecule has 1 aliphatic rings. The van der Waals surface area contributed by atoms with E-state index in [9.17, 15) is 4.79 Å². The molecule has 4 aromatic rings. The molecule has 0 unspecified atom stereocenters. The van der Waals surface area contributed by atoms with Crippen LogP contribution in [0.5, 0.6) is 11.5 Å². The van der Waals surface area contributed by atoms with Gasteiger partial charge in [0.1, 0.15) is 0 Å². The van der Waals surface area contributed by atoms with E-state index in [4.69, 9.17) is 32.7 Å². The Morgan fingerprint density at radius 2 is 1.77 bits per heavy atom. The molecule has 148 valence electrons. The van der Waals surface area contributed by atoms with Crippen molar-refractivity contribution in [1.82, 2.24) is 4.98 Å². The number of fused-ring (bicyclic) bond motifs is 2. The fourth-order valence-corrected chi connectivity index (χ4v) is 3.88. The van der Waals surface area contributed by atoms with Gasteiger partial charge in [-0.05, 0) is 42.5 Å². The summed E-state index contributed by atoms with van der Waals surface area (Å²) in [5, 5.41) is 4.66. The topological polar surface area (TPSA) is 60.5 Å². The van der Waals surface area contributed by atoms with E-state index in [1.54, 1.807) is 42.5 Å². The van der Waals surface area contributed by atoms with Gasteiger partial charge in [-0.25, -0.2) is 4.98 Å². The van der Waals surface area contributed by atoms with Crippen molar-refractivity contribution >= 4 is 45.7 Å². The first-order valence-electron chi connectivity index (χ1n) is 9.15. The lowest BCUT2D eigenvalue weighted by molar-refractivity contribution is 0.102. The predicted molar refractivity (Wildman–Crippen MR) is 118 cm³/mol.